The maximum Gasteiger partial charge on any atom is 0.273 e. The maximum absolute atomic E-state index is 12.6. The molecule has 1 spiro atoms. The summed E-state index contributed by atoms with van der Waals surface area (Å²) in [6, 6.07) is 6.12. The highest BCUT2D eigenvalue weighted by Gasteiger charge is 2.54. The average molecular weight is 477 g/mol. The minimum absolute atomic E-state index is 0.0250. The first-order valence-electron chi connectivity index (χ1n) is 9.62. The molecular formula is C20H21BrN4O3S. The summed E-state index contributed by atoms with van der Waals surface area (Å²) in [7, 11) is 0. The van der Waals surface area contributed by atoms with Gasteiger partial charge in [0.25, 0.3) is 5.91 Å². The Morgan fingerprint density at radius 2 is 2.28 bits per heavy atom. The van der Waals surface area contributed by atoms with Crippen LogP contribution < -0.4 is 15.8 Å². The van der Waals surface area contributed by atoms with Crippen molar-refractivity contribution in [2.45, 2.75) is 43.9 Å². The Morgan fingerprint density at radius 1 is 1.41 bits per heavy atom. The summed E-state index contributed by atoms with van der Waals surface area (Å²) in [4.78, 5) is 21.6. The van der Waals surface area contributed by atoms with Crippen molar-refractivity contribution >= 4 is 38.8 Å². The van der Waals surface area contributed by atoms with Crippen LogP contribution in [-0.2, 0) is 5.54 Å². The third-order valence-corrected chi connectivity index (χ3v) is 7.49. The van der Waals surface area contributed by atoms with Crippen molar-refractivity contribution < 1.29 is 13.9 Å². The number of amidine groups is 1. The number of amides is 1. The van der Waals surface area contributed by atoms with Crippen molar-refractivity contribution in [1.29, 1.82) is 0 Å². The van der Waals surface area contributed by atoms with Gasteiger partial charge in [-0.1, -0.05) is 27.7 Å². The van der Waals surface area contributed by atoms with Gasteiger partial charge >= 0.3 is 0 Å². The molecule has 29 heavy (non-hydrogen) atoms. The molecule has 2 unspecified atom stereocenters. The number of thioether (sulfide) groups is 1. The lowest BCUT2D eigenvalue weighted by Crippen LogP contribution is -2.54. The number of nitrogens with one attached hydrogen (secondary N) is 1. The van der Waals surface area contributed by atoms with Crippen LogP contribution in [0, 0.1) is 12.8 Å². The molecule has 1 aromatic carbocycles. The highest BCUT2D eigenvalue weighted by molar-refractivity contribution is 9.10. The standard InChI is InChI=1S/C20H21BrN4O3S/c1-10-23-15(8-27-10)18(26)24-12-3-5-17-14(7-12)20(9-29-19(22)25-20)13-6-11(21)2-4-16(13)28-17/h2,4,6,8,12,14,17H,3,5,7,9H2,1H3,(H2,22,25)(H,24,26)/t12?,14-,17-,20?/m0/s1. The maximum atomic E-state index is 12.6. The third-order valence-electron chi connectivity index (χ3n) is 6.02. The number of halogens is 1. The summed E-state index contributed by atoms with van der Waals surface area (Å²) in [5.74, 6) is 2.08. The number of nitrogens with two attached hydrogens (primary N) is 1. The minimum Gasteiger partial charge on any atom is -0.490 e. The highest BCUT2D eigenvalue weighted by Crippen LogP contribution is 2.54. The van der Waals surface area contributed by atoms with Gasteiger partial charge in [0.15, 0.2) is 16.8 Å². The number of hydrogen-bond donors (Lipinski definition) is 2. The second-order valence-electron chi connectivity index (χ2n) is 7.80. The molecule has 3 N–H and O–H groups in total. The van der Waals surface area contributed by atoms with E-state index in [4.69, 9.17) is 19.9 Å². The molecule has 0 saturated heterocycles. The van der Waals surface area contributed by atoms with Crippen LogP contribution in [0.4, 0.5) is 0 Å². The van der Waals surface area contributed by atoms with E-state index in [2.05, 4.69) is 32.3 Å². The average Bonchev–Trinajstić information content (AvgIpc) is 3.30. The summed E-state index contributed by atoms with van der Waals surface area (Å²) in [6.45, 7) is 1.72. The first-order chi connectivity index (χ1) is 13.9. The van der Waals surface area contributed by atoms with Crippen molar-refractivity contribution in [2.24, 2.45) is 16.6 Å². The van der Waals surface area contributed by atoms with Gasteiger partial charge < -0.3 is 20.2 Å². The minimum atomic E-state index is -0.426. The van der Waals surface area contributed by atoms with Crippen LogP contribution in [0.15, 0.2) is 38.3 Å². The van der Waals surface area contributed by atoms with E-state index < -0.39 is 5.54 Å². The summed E-state index contributed by atoms with van der Waals surface area (Å²) in [5.41, 5.74) is 7.08. The van der Waals surface area contributed by atoms with Crippen molar-refractivity contribution in [3.05, 3.63) is 46.1 Å². The van der Waals surface area contributed by atoms with Crippen LogP contribution >= 0.6 is 27.7 Å². The van der Waals surface area contributed by atoms with Gasteiger partial charge in [-0.15, -0.1) is 0 Å². The molecule has 0 bridgehead atoms. The molecule has 2 aliphatic heterocycles. The fourth-order valence-electron chi connectivity index (χ4n) is 4.72. The fraction of sp³-hybridized carbons (Fsp3) is 0.450. The van der Waals surface area contributed by atoms with Gasteiger partial charge in [-0.05, 0) is 37.5 Å². The van der Waals surface area contributed by atoms with Crippen molar-refractivity contribution in [3.8, 4) is 5.75 Å². The number of benzene rings is 1. The highest BCUT2D eigenvalue weighted by atomic mass is 79.9. The molecule has 152 valence electrons. The summed E-state index contributed by atoms with van der Waals surface area (Å²) < 4.78 is 12.5. The molecule has 1 amide bonds. The van der Waals surface area contributed by atoms with Crippen LogP contribution in [0.2, 0.25) is 0 Å². The molecule has 1 aromatic heterocycles. The number of fused-ring (bicyclic) bond motifs is 4. The fourth-order valence-corrected chi connectivity index (χ4v) is 6.11. The summed E-state index contributed by atoms with van der Waals surface area (Å²) in [5, 5.41) is 3.73. The molecule has 3 aliphatic rings. The number of carbonyl (C=O) groups is 1. The number of carbonyl (C=O) groups excluding carboxylic acids is 1. The molecular weight excluding hydrogens is 456 g/mol. The molecule has 1 saturated carbocycles. The Hall–Kier alpha value is -2.00. The van der Waals surface area contributed by atoms with E-state index >= 15 is 0 Å². The second kappa shape index (κ2) is 7.05. The normalized spacial score (nSPS) is 30.3. The number of nitrogens with zero attached hydrogens (tertiary/aromatic N) is 2. The van der Waals surface area contributed by atoms with Crippen LogP contribution in [-0.4, -0.2) is 34.0 Å². The summed E-state index contributed by atoms with van der Waals surface area (Å²) >= 11 is 5.17. The van der Waals surface area contributed by atoms with Crippen molar-refractivity contribution in [3.63, 3.8) is 0 Å². The SMILES string of the molecule is Cc1nc(C(=O)NC2CC[C@@H]3Oc4ccc(Br)cc4C4(CSC(N)=N4)[C@H]3C2)co1. The molecule has 5 rings (SSSR count). The molecule has 9 heteroatoms. The molecule has 3 heterocycles. The second-order valence-corrected chi connectivity index (χ2v) is 9.71. The van der Waals surface area contributed by atoms with Crippen molar-refractivity contribution in [2.75, 3.05) is 5.75 Å². The zero-order valence-corrected chi connectivity index (χ0v) is 18.3. The van der Waals surface area contributed by atoms with Gasteiger partial charge in [-0.2, -0.15) is 0 Å². The van der Waals surface area contributed by atoms with E-state index in [0.717, 1.165) is 40.8 Å². The molecule has 0 radical (unpaired) electrons. The van der Waals surface area contributed by atoms with E-state index in [1.54, 1.807) is 18.7 Å². The lowest BCUT2D eigenvalue weighted by molar-refractivity contribution is 0.0155. The quantitative estimate of drug-likeness (QED) is 0.688. The largest absolute Gasteiger partial charge is 0.490 e. The number of aliphatic imine (C=N–C) groups is 1. The van der Waals surface area contributed by atoms with E-state index in [-0.39, 0.29) is 24.0 Å². The van der Waals surface area contributed by atoms with E-state index in [9.17, 15) is 4.79 Å². The van der Waals surface area contributed by atoms with E-state index in [1.807, 2.05) is 12.1 Å². The Morgan fingerprint density at radius 3 is 3.00 bits per heavy atom. The Kier molecular flexibility index (Phi) is 4.62. The first kappa shape index (κ1) is 19.0. The number of aromatic nitrogens is 1. The predicted molar refractivity (Wildman–Crippen MR) is 114 cm³/mol. The number of hydrogen-bond acceptors (Lipinski definition) is 7. The number of oxazole rings is 1. The van der Waals surface area contributed by atoms with Gasteiger partial charge in [0.2, 0.25) is 0 Å². The Bertz CT molecular complexity index is 1010. The summed E-state index contributed by atoms with van der Waals surface area (Å²) in [6.07, 6.45) is 3.93. The van der Waals surface area contributed by atoms with Gasteiger partial charge in [-0.3, -0.25) is 4.79 Å². The zero-order valence-electron chi connectivity index (χ0n) is 15.9. The zero-order chi connectivity index (χ0) is 20.2. The van der Waals surface area contributed by atoms with Gasteiger partial charge in [0.1, 0.15) is 23.7 Å². The van der Waals surface area contributed by atoms with Crippen LogP contribution in [0.25, 0.3) is 0 Å². The van der Waals surface area contributed by atoms with Crippen LogP contribution in [0.5, 0.6) is 5.75 Å². The first-order valence-corrected chi connectivity index (χ1v) is 11.4. The predicted octanol–water partition coefficient (Wildman–Crippen LogP) is 3.36. The topological polar surface area (TPSA) is 103 Å². The lowest BCUT2D eigenvalue weighted by Gasteiger charge is -2.48. The van der Waals surface area contributed by atoms with E-state index in [1.165, 1.54) is 6.26 Å². The Labute approximate surface area is 181 Å². The number of aryl methyl sites for hydroxylation is 1. The molecule has 1 fully saturated rings. The third kappa shape index (κ3) is 3.24. The molecule has 7 nitrogen and oxygen atoms in total. The number of ether oxygens (including phenoxy) is 1. The van der Waals surface area contributed by atoms with Crippen molar-refractivity contribution in [1.82, 2.24) is 10.3 Å². The smallest absolute Gasteiger partial charge is 0.273 e. The van der Waals surface area contributed by atoms with Gasteiger partial charge in [0, 0.05) is 34.7 Å². The lowest BCUT2D eigenvalue weighted by atomic mass is 9.67. The Balaban J connectivity index is 1.45. The van der Waals surface area contributed by atoms with Gasteiger partial charge in [0.05, 0.1) is 0 Å². The van der Waals surface area contributed by atoms with Crippen LogP contribution in [0.3, 0.4) is 0 Å². The van der Waals surface area contributed by atoms with E-state index in [0.29, 0.717) is 16.8 Å². The monoisotopic (exact) mass is 476 g/mol. The molecule has 1 aliphatic carbocycles. The molecule has 4 atom stereocenters. The molecule has 2 aromatic rings. The van der Waals surface area contributed by atoms with Crippen LogP contribution in [0.1, 0.15) is 41.2 Å². The van der Waals surface area contributed by atoms with Gasteiger partial charge in [-0.25, -0.2) is 9.98 Å². The number of rotatable bonds is 2.